The minimum absolute atomic E-state index is 0.00536. The lowest BCUT2D eigenvalue weighted by atomic mass is 10.1. The number of benzene rings is 2. The van der Waals surface area contributed by atoms with E-state index in [0.717, 1.165) is 43.1 Å². The fourth-order valence-electron chi connectivity index (χ4n) is 3.63. The fourth-order valence-corrected chi connectivity index (χ4v) is 3.63. The molecule has 4 rings (SSSR count). The van der Waals surface area contributed by atoms with Crippen molar-refractivity contribution in [3.63, 3.8) is 0 Å². The van der Waals surface area contributed by atoms with Gasteiger partial charge in [0.05, 0.1) is 17.9 Å². The minimum Gasteiger partial charge on any atom is -0.369 e. The summed E-state index contributed by atoms with van der Waals surface area (Å²) in [5.74, 6) is 0.00536. The third kappa shape index (κ3) is 4.49. The molecule has 0 bridgehead atoms. The highest BCUT2D eigenvalue weighted by Crippen LogP contribution is 2.20. The van der Waals surface area contributed by atoms with Crippen LogP contribution < -0.4 is 4.90 Å². The van der Waals surface area contributed by atoms with Crippen LogP contribution in [0.1, 0.15) is 16.1 Å². The van der Waals surface area contributed by atoms with Crippen molar-refractivity contribution in [2.45, 2.75) is 6.54 Å². The van der Waals surface area contributed by atoms with Crippen molar-refractivity contribution in [1.29, 1.82) is 0 Å². The summed E-state index contributed by atoms with van der Waals surface area (Å²) in [6, 6.07) is 20.0. The second-order valence-electron chi connectivity index (χ2n) is 7.64. The molecule has 6 heteroatoms. The zero-order valence-corrected chi connectivity index (χ0v) is 17.0. The van der Waals surface area contributed by atoms with Crippen LogP contribution in [-0.4, -0.2) is 66.2 Å². The molecule has 0 saturated carbocycles. The third-order valence-electron chi connectivity index (χ3n) is 5.44. The number of rotatable bonds is 5. The topological polar surface area (TPSA) is 55.5 Å². The molecular formula is C23H27N5O. The number of likely N-dealkylation sites (N-methyl/N-ethyl adjacent to an activating group) is 1. The molecule has 1 aliphatic rings. The van der Waals surface area contributed by atoms with Crippen molar-refractivity contribution >= 4 is 11.6 Å². The van der Waals surface area contributed by atoms with E-state index in [1.165, 1.54) is 5.69 Å². The molecular weight excluding hydrogens is 362 g/mol. The Bertz CT molecular complexity index is 943. The number of amides is 1. The molecule has 29 heavy (non-hydrogen) atoms. The monoisotopic (exact) mass is 389 g/mol. The van der Waals surface area contributed by atoms with Crippen LogP contribution in [0, 0.1) is 0 Å². The second-order valence-corrected chi connectivity index (χ2v) is 7.64. The zero-order valence-electron chi connectivity index (χ0n) is 17.0. The molecule has 0 aliphatic carbocycles. The van der Waals surface area contributed by atoms with E-state index in [1.807, 2.05) is 55.6 Å². The maximum absolute atomic E-state index is 12.8. The number of hydrogen-bond acceptors (Lipinski definition) is 4. The van der Waals surface area contributed by atoms with Gasteiger partial charge in [-0.3, -0.25) is 9.89 Å². The molecule has 1 amide bonds. The number of anilines is 1. The van der Waals surface area contributed by atoms with Crippen molar-refractivity contribution in [2.75, 3.05) is 45.2 Å². The van der Waals surface area contributed by atoms with E-state index in [1.54, 1.807) is 4.90 Å². The number of nitrogens with one attached hydrogen (secondary N) is 1. The highest BCUT2D eigenvalue weighted by Gasteiger charge is 2.17. The van der Waals surface area contributed by atoms with Gasteiger partial charge in [0.25, 0.3) is 5.91 Å². The van der Waals surface area contributed by atoms with Crippen LogP contribution in [0.4, 0.5) is 5.69 Å². The quantitative estimate of drug-likeness (QED) is 0.729. The van der Waals surface area contributed by atoms with E-state index in [-0.39, 0.29) is 5.91 Å². The van der Waals surface area contributed by atoms with Gasteiger partial charge in [0.15, 0.2) is 0 Å². The average molecular weight is 390 g/mol. The van der Waals surface area contributed by atoms with Crippen LogP contribution in [0.5, 0.6) is 0 Å². The summed E-state index contributed by atoms with van der Waals surface area (Å²) < 4.78 is 0. The summed E-state index contributed by atoms with van der Waals surface area (Å²) in [4.78, 5) is 19.2. The van der Waals surface area contributed by atoms with E-state index in [4.69, 9.17) is 0 Å². The lowest BCUT2D eigenvalue weighted by Gasteiger charge is -2.34. The molecule has 3 aromatic rings. The minimum atomic E-state index is 0.00536. The Morgan fingerprint density at radius 1 is 1.03 bits per heavy atom. The van der Waals surface area contributed by atoms with Crippen LogP contribution in [0.15, 0.2) is 60.7 Å². The number of piperazine rings is 1. The van der Waals surface area contributed by atoms with Crippen molar-refractivity contribution in [1.82, 2.24) is 20.0 Å². The van der Waals surface area contributed by atoms with E-state index in [0.29, 0.717) is 12.1 Å². The smallest absolute Gasteiger partial charge is 0.253 e. The Labute approximate surface area is 171 Å². The van der Waals surface area contributed by atoms with Crippen LogP contribution in [0.2, 0.25) is 0 Å². The number of aromatic amines is 1. The van der Waals surface area contributed by atoms with Gasteiger partial charge in [-0.1, -0.05) is 30.3 Å². The van der Waals surface area contributed by atoms with Gasteiger partial charge in [0.2, 0.25) is 0 Å². The van der Waals surface area contributed by atoms with Gasteiger partial charge in [0, 0.05) is 50.0 Å². The molecule has 1 N–H and O–H groups in total. The Balaban J connectivity index is 1.38. The predicted molar refractivity (Wildman–Crippen MR) is 116 cm³/mol. The normalized spacial score (nSPS) is 14.8. The summed E-state index contributed by atoms with van der Waals surface area (Å²) in [6.07, 6.45) is 0. The fraction of sp³-hybridized carbons (Fsp3) is 0.304. The van der Waals surface area contributed by atoms with E-state index < -0.39 is 0 Å². The van der Waals surface area contributed by atoms with Gasteiger partial charge in [0.1, 0.15) is 0 Å². The van der Waals surface area contributed by atoms with Crippen molar-refractivity contribution in [3.05, 3.63) is 71.9 Å². The van der Waals surface area contributed by atoms with Gasteiger partial charge >= 0.3 is 0 Å². The zero-order chi connectivity index (χ0) is 20.2. The van der Waals surface area contributed by atoms with Gasteiger partial charge in [-0.2, -0.15) is 5.10 Å². The molecule has 6 nitrogen and oxygen atoms in total. The van der Waals surface area contributed by atoms with Crippen molar-refractivity contribution in [2.24, 2.45) is 0 Å². The lowest BCUT2D eigenvalue weighted by molar-refractivity contribution is 0.0783. The summed E-state index contributed by atoms with van der Waals surface area (Å²) in [5.41, 5.74) is 4.74. The molecule has 1 fully saturated rings. The summed E-state index contributed by atoms with van der Waals surface area (Å²) in [5, 5.41) is 7.41. The molecule has 150 valence electrons. The molecule has 1 aliphatic heterocycles. The highest BCUT2D eigenvalue weighted by molar-refractivity contribution is 5.94. The number of H-pyrrole nitrogens is 1. The third-order valence-corrected chi connectivity index (χ3v) is 5.44. The highest BCUT2D eigenvalue weighted by atomic mass is 16.2. The van der Waals surface area contributed by atoms with Crippen molar-refractivity contribution < 1.29 is 4.79 Å². The molecule has 2 heterocycles. The number of nitrogens with zero attached hydrogens (tertiary/aromatic N) is 4. The molecule has 0 atom stereocenters. The largest absolute Gasteiger partial charge is 0.369 e. The summed E-state index contributed by atoms with van der Waals surface area (Å²) >= 11 is 0. The summed E-state index contributed by atoms with van der Waals surface area (Å²) in [6.45, 7) is 4.66. The van der Waals surface area contributed by atoms with E-state index >= 15 is 0 Å². The van der Waals surface area contributed by atoms with Crippen LogP contribution >= 0.6 is 0 Å². The average Bonchev–Trinajstić information content (AvgIpc) is 3.23. The SMILES string of the molecule is CN1CCN(c2ccc(C(=O)N(C)Cc3cc(-c4ccccc4)n[nH]3)cc2)CC1. The Morgan fingerprint density at radius 2 is 1.72 bits per heavy atom. The molecule has 0 radical (unpaired) electrons. The van der Waals surface area contributed by atoms with E-state index in [2.05, 4.69) is 39.2 Å². The number of carbonyl (C=O) groups excluding carboxylic acids is 1. The predicted octanol–water partition coefficient (Wildman–Crippen LogP) is 3.10. The Hall–Kier alpha value is -3.12. The maximum atomic E-state index is 12.8. The molecule has 2 aromatic carbocycles. The second kappa shape index (κ2) is 8.49. The van der Waals surface area contributed by atoms with Gasteiger partial charge in [-0.25, -0.2) is 0 Å². The van der Waals surface area contributed by atoms with E-state index in [9.17, 15) is 4.79 Å². The Kier molecular flexibility index (Phi) is 5.62. The standard InChI is InChI=1S/C23H27N5O/c1-26-12-14-28(15-13-26)21-10-8-19(9-11-21)23(29)27(2)17-20-16-22(25-24-20)18-6-4-3-5-7-18/h3-11,16H,12-15,17H2,1-2H3,(H,24,25). The van der Waals surface area contributed by atoms with Crippen molar-refractivity contribution in [3.8, 4) is 11.3 Å². The first-order valence-electron chi connectivity index (χ1n) is 9.99. The maximum Gasteiger partial charge on any atom is 0.253 e. The molecule has 0 unspecified atom stereocenters. The van der Waals surface area contributed by atoms with Crippen LogP contribution in [0.3, 0.4) is 0 Å². The van der Waals surface area contributed by atoms with Gasteiger partial charge in [-0.05, 0) is 37.4 Å². The molecule has 1 aromatic heterocycles. The van der Waals surface area contributed by atoms with Gasteiger partial charge < -0.3 is 14.7 Å². The van der Waals surface area contributed by atoms with Crippen LogP contribution in [-0.2, 0) is 6.54 Å². The lowest BCUT2D eigenvalue weighted by Crippen LogP contribution is -2.44. The molecule has 1 saturated heterocycles. The van der Waals surface area contributed by atoms with Gasteiger partial charge in [-0.15, -0.1) is 0 Å². The first-order valence-corrected chi connectivity index (χ1v) is 9.99. The first-order chi connectivity index (χ1) is 14.1. The van der Waals surface area contributed by atoms with Crippen LogP contribution in [0.25, 0.3) is 11.3 Å². The molecule has 0 spiro atoms. The number of aromatic nitrogens is 2. The number of hydrogen-bond donors (Lipinski definition) is 1. The Morgan fingerprint density at radius 3 is 2.41 bits per heavy atom. The first kappa shape index (κ1) is 19.2. The number of carbonyl (C=O) groups is 1. The summed E-state index contributed by atoms with van der Waals surface area (Å²) in [7, 11) is 3.97.